The molecule has 2 N–H and O–H groups in total. The molecule has 1 amide bonds. The van der Waals surface area contributed by atoms with Crippen molar-refractivity contribution in [2.75, 3.05) is 13.2 Å². The van der Waals surface area contributed by atoms with Gasteiger partial charge in [0.2, 0.25) is 0 Å². The summed E-state index contributed by atoms with van der Waals surface area (Å²) in [6.45, 7) is 11.2. The maximum atomic E-state index is 11.8. The Morgan fingerprint density at radius 2 is 1.95 bits per heavy atom. The number of rotatable bonds is 6. The van der Waals surface area contributed by atoms with Crippen molar-refractivity contribution in [2.45, 2.75) is 40.5 Å². The Morgan fingerprint density at radius 3 is 2.50 bits per heavy atom. The molecule has 0 fully saturated rings. The minimum Gasteiger partial charge on any atom is -0.484 e. The molecule has 1 aromatic carbocycles. The number of ether oxygens (including phenoxy) is 1. The zero-order valence-corrected chi connectivity index (χ0v) is 14.8. The molecular formula is C17H26N2O2S. The van der Waals surface area contributed by atoms with E-state index in [1.807, 2.05) is 25.1 Å². The van der Waals surface area contributed by atoms with Gasteiger partial charge in [0.1, 0.15) is 5.75 Å². The van der Waals surface area contributed by atoms with Crippen LogP contribution in [-0.4, -0.2) is 24.2 Å². The summed E-state index contributed by atoms with van der Waals surface area (Å²) in [7, 11) is 0. The highest BCUT2D eigenvalue weighted by Crippen LogP contribution is 2.23. The van der Waals surface area contributed by atoms with Crippen LogP contribution in [0.3, 0.4) is 0 Å². The number of hydrogen-bond acceptors (Lipinski definition) is 3. The van der Waals surface area contributed by atoms with Crippen molar-refractivity contribution in [1.29, 1.82) is 0 Å². The largest absolute Gasteiger partial charge is 0.484 e. The summed E-state index contributed by atoms with van der Waals surface area (Å²) in [5, 5.41) is 5.93. The summed E-state index contributed by atoms with van der Waals surface area (Å²) < 4.78 is 5.51. The molecule has 22 heavy (non-hydrogen) atoms. The van der Waals surface area contributed by atoms with E-state index >= 15 is 0 Å². The maximum Gasteiger partial charge on any atom is 0.264 e. The lowest BCUT2D eigenvalue weighted by Crippen LogP contribution is -2.42. The molecule has 1 rings (SSSR count). The van der Waals surface area contributed by atoms with Crippen molar-refractivity contribution >= 4 is 23.2 Å². The van der Waals surface area contributed by atoms with E-state index in [0.717, 1.165) is 6.54 Å². The Hall–Kier alpha value is -1.62. The highest BCUT2D eigenvalue weighted by molar-refractivity contribution is 7.80. The molecule has 0 aliphatic heterocycles. The first-order chi connectivity index (χ1) is 10.3. The van der Waals surface area contributed by atoms with E-state index in [0.29, 0.717) is 22.7 Å². The number of carbonyl (C=O) groups is 1. The molecule has 5 heteroatoms. The van der Waals surface area contributed by atoms with E-state index in [1.54, 1.807) is 0 Å². The molecule has 0 unspecified atom stereocenters. The van der Waals surface area contributed by atoms with Gasteiger partial charge in [0.05, 0.1) is 0 Å². The quantitative estimate of drug-likeness (QED) is 0.790. The third-order valence-electron chi connectivity index (χ3n) is 3.16. The van der Waals surface area contributed by atoms with Crippen LogP contribution in [0.25, 0.3) is 0 Å². The Labute approximate surface area is 138 Å². The summed E-state index contributed by atoms with van der Waals surface area (Å²) >= 11 is 5.05. The van der Waals surface area contributed by atoms with Crippen LogP contribution in [0, 0.1) is 12.8 Å². The molecular weight excluding hydrogens is 296 g/mol. The van der Waals surface area contributed by atoms with Gasteiger partial charge in [-0.15, -0.1) is 0 Å². The average Bonchev–Trinajstić information content (AvgIpc) is 2.42. The molecule has 0 spiro atoms. The van der Waals surface area contributed by atoms with Crippen molar-refractivity contribution in [2.24, 2.45) is 5.92 Å². The van der Waals surface area contributed by atoms with Gasteiger partial charge >= 0.3 is 0 Å². The summed E-state index contributed by atoms with van der Waals surface area (Å²) in [5.74, 6) is 1.38. The molecule has 0 bridgehead atoms. The third-order valence-corrected chi connectivity index (χ3v) is 3.40. The molecule has 0 aromatic heterocycles. The van der Waals surface area contributed by atoms with E-state index in [9.17, 15) is 4.79 Å². The van der Waals surface area contributed by atoms with Crippen LogP contribution < -0.4 is 15.4 Å². The normalized spacial score (nSPS) is 10.7. The lowest BCUT2D eigenvalue weighted by Gasteiger charge is -2.13. The molecule has 4 nitrogen and oxygen atoms in total. The van der Waals surface area contributed by atoms with E-state index in [-0.39, 0.29) is 12.5 Å². The van der Waals surface area contributed by atoms with Crippen LogP contribution in [0.5, 0.6) is 5.75 Å². The van der Waals surface area contributed by atoms with Crippen molar-refractivity contribution in [3.63, 3.8) is 0 Å². The lowest BCUT2D eigenvalue weighted by molar-refractivity contribution is -0.121. The van der Waals surface area contributed by atoms with Crippen molar-refractivity contribution in [3.05, 3.63) is 29.3 Å². The van der Waals surface area contributed by atoms with Gasteiger partial charge in [0.15, 0.2) is 11.7 Å². The van der Waals surface area contributed by atoms with Crippen molar-refractivity contribution in [1.82, 2.24) is 10.6 Å². The average molecular weight is 322 g/mol. The van der Waals surface area contributed by atoms with Gasteiger partial charge in [-0.2, -0.15) is 0 Å². The number of carbonyl (C=O) groups excluding carboxylic acids is 1. The number of nitrogens with one attached hydrogen (secondary N) is 2. The summed E-state index contributed by atoms with van der Waals surface area (Å²) in [4.78, 5) is 11.8. The summed E-state index contributed by atoms with van der Waals surface area (Å²) in [6.07, 6.45) is 0. The predicted octanol–water partition coefficient (Wildman–Crippen LogP) is 3.14. The van der Waals surface area contributed by atoms with Crippen LogP contribution in [0.1, 0.15) is 44.7 Å². The molecule has 0 aliphatic carbocycles. The van der Waals surface area contributed by atoms with Crippen molar-refractivity contribution < 1.29 is 9.53 Å². The van der Waals surface area contributed by atoms with E-state index in [4.69, 9.17) is 17.0 Å². The van der Waals surface area contributed by atoms with Gasteiger partial charge in [-0.1, -0.05) is 33.8 Å². The first-order valence-corrected chi connectivity index (χ1v) is 8.01. The third kappa shape index (κ3) is 6.43. The minimum atomic E-state index is -0.258. The fourth-order valence-electron chi connectivity index (χ4n) is 2.04. The second kappa shape index (κ2) is 8.73. The van der Waals surface area contributed by atoms with E-state index in [2.05, 4.69) is 38.3 Å². The number of benzene rings is 1. The second-order valence-electron chi connectivity index (χ2n) is 6.11. The zero-order valence-electron chi connectivity index (χ0n) is 14.0. The fraction of sp³-hybridized carbons (Fsp3) is 0.529. The van der Waals surface area contributed by atoms with Crippen LogP contribution >= 0.6 is 12.2 Å². The zero-order chi connectivity index (χ0) is 16.7. The molecule has 0 saturated heterocycles. The van der Waals surface area contributed by atoms with Gasteiger partial charge < -0.3 is 15.4 Å². The molecule has 0 heterocycles. The van der Waals surface area contributed by atoms with Crippen LogP contribution in [-0.2, 0) is 4.79 Å². The standard InChI is InChI=1S/C17H26N2O2S/c1-11(2)9-18-17(22)19-16(20)10-21-14-6-7-15(12(3)4)13(5)8-14/h6-8,11-12H,9-10H2,1-5H3,(H2,18,19,20,22). The molecule has 122 valence electrons. The van der Waals surface area contributed by atoms with E-state index in [1.165, 1.54) is 11.1 Å². The summed E-state index contributed by atoms with van der Waals surface area (Å²) in [5.41, 5.74) is 2.46. The second-order valence-corrected chi connectivity index (χ2v) is 6.52. The van der Waals surface area contributed by atoms with Gasteiger partial charge in [0, 0.05) is 6.54 Å². The van der Waals surface area contributed by atoms with Crippen LogP contribution in [0.2, 0.25) is 0 Å². The van der Waals surface area contributed by atoms with Gasteiger partial charge in [-0.3, -0.25) is 4.79 Å². The summed E-state index contributed by atoms with van der Waals surface area (Å²) in [6, 6.07) is 5.89. The monoisotopic (exact) mass is 322 g/mol. The fourth-order valence-corrected chi connectivity index (χ4v) is 2.24. The highest BCUT2D eigenvalue weighted by Gasteiger charge is 2.08. The topological polar surface area (TPSA) is 50.4 Å². The SMILES string of the molecule is Cc1cc(OCC(=O)NC(=S)NCC(C)C)ccc1C(C)C. The molecule has 0 radical (unpaired) electrons. The molecule has 1 aromatic rings. The lowest BCUT2D eigenvalue weighted by atomic mass is 9.98. The van der Waals surface area contributed by atoms with Gasteiger partial charge in [-0.05, 0) is 54.2 Å². The number of amides is 1. The minimum absolute atomic E-state index is 0.0516. The van der Waals surface area contributed by atoms with Gasteiger partial charge in [-0.25, -0.2) is 0 Å². The predicted molar refractivity (Wildman–Crippen MR) is 94.3 cm³/mol. The van der Waals surface area contributed by atoms with E-state index < -0.39 is 0 Å². The Kier molecular flexibility index (Phi) is 7.32. The molecule has 0 atom stereocenters. The van der Waals surface area contributed by atoms with Crippen LogP contribution in [0.15, 0.2) is 18.2 Å². The van der Waals surface area contributed by atoms with Crippen molar-refractivity contribution in [3.8, 4) is 5.75 Å². The Morgan fingerprint density at radius 1 is 1.27 bits per heavy atom. The molecule has 0 aliphatic rings. The first-order valence-electron chi connectivity index (χ1n) is 7.60. The number of aryl methyl sites for hydroxylation is 1. The van der Waals surface area contributed by atoms with Crippen LogP contribution in [0.4, 0.5) is 0 Å². The molecule has 0 saturated carbocycles. The Bertz CT molecular complexity index is 527. The maximum absolute atomic E-state index is 11.8. The smallest absolute Gasteiger partial charge is 0.264 e. The number of thiocarbonyl (C=S) groups is 1. The van der Waals surface area contributed by atoms with Gasteiger partial charge in [0.25, 0.3) is 5.91 Å². The first kappa shape index (κ1) is 18.4. The highest BCUT2D eigenvalue weighted by atomic mass is 32.1. The number of hydrogen-bond donors (Lipinski definition) is 2. The Balaban J connectivity index is 2.44.